The molecule has 6 heteroatoms. The van der Waals surface area contributed by atoms with E-state index in [2.05, 4.69) is 19.6 Å². The van der Waals surface area contributed by atoms with Crippen molar-refractivity contribution in [1.82, 2.24) is 0 Å². The van der Waals surface area contributed by atoms with Crippen LogP contribution in [-0.2, 0) is 9.59 Å². The normalized spacial score (nSPS) is 11.5. The highest BCUT2D eigenvalue weighted by atomic mass is 32.1. The van der Waals surface area contributed by atoms with Gasteiger partial charge in [-0.05, 0) is 6.42 Å². The second-order valence-electron chi connectivity index (χ2n) is 7.57. The maximum atomic E-state index is 10.3. The summed E-state index contributed by atoms with van der Waals surface area (Å²) >= 11 is 3.65. The third kappa shape index (κ3) is 27.5. The van der Waals surface area contributed by atoms with Crippen LogP contribution in [0.1, 0.15) is 116 Å². The molecular formula is C22H45NO4S. The molecule has 0 aromatic carbocycles. The monoisotopic (exact) mass is 419 g/mol. The van der Waals surface area contributed by atoms with Crippen LogP contribution in [0.4, 0.5) is 0 Å². The molecule has 0 aromatic rings. The topological polar surface area (TPSA) is 101 Å². The molecule has 0 bridgehead atoms. The van der Waals surface area contributed by atoms with Crippen molar-refractivity contribution in [3.05, 3.63) is 0 Å². The lowest BCUT2D eigenvalue weighted by Gasteiger charge is -2.03. The van der Waals surface area contributed by atoms with Crippen LogP contribution in [0.5, 0.6) is 0 Å². The first kappa shape index (κ1) is 29.5. The van der Waals surface area contributed by atoms with Crippen molar-refractivity contribution in [3.8, 4) is 0 Å². The molecule has 0 aliphatic rings. The molecule has 168 valence electrons. The number of aliphatic carboxylic acids is 2. The van der Waals surface area contributed by atoms with Gasteiger partial charge in [0.25, 0.3) is 0 Å². The molecule has 0 saturated heterocycles. The highest BCUT2D eigenvalue weighted by Crippen LogP contribution is 2.13. The van der Waals surface area contributed by atoms with Crippen molar-refractivity contribution >= 4 is 24.6 Å². The van der Waals surface area contributed by atoms with Crippen molar-refractivity contribution in [2.75, 3.05) is 5.75 Å². The molecule has 28 heavy (non-hydrogen) atoms. The first-order chi connectivity index (χ1) is 13.5. The van der Waals surface area contributed by atoms with E-state index in [1.54, 1.807) is 0 Å². The Morgan fingerprint density at radius 1 is 0.714 bits per heavy atom. The Bertz CT molecular complexity index is 353. The molecule has 0 aliphatic heterocycles. The standard InChI is InChI=1S/C19H38O2.C3H7NO2S/c1-2-3-4-5-6-7-8-9-10-11-12-13-14-15-16-17-18-19(20)21;4-2(1-7)3(5)6/h2-18H2,1H3,(H,20,21);2,7H,1,4H2,(H,5,6)/t;2-/m.0/s1. The van der Waals surface area contributed by atoms with Gasteiger partial charge in [-0.25, -0.2) is 0 Å². The second-order valence-corrected chi connectivity index (χ2v) is 7.94. The van der Waals surface area contributed by atoms with E-state index < -0.39 is 18.0 Å². The van der Waals surface area contributed by atoms with E-state index in [9.17, 15) is 9.59 Å². The molecule has 0 spiro atoms. The number of unbranched alkanes of at least 4 members (excludes halogenated alkanes) is 15. The van der Waals surface area contributed by atoms with Crippen LogP contribution in [0.15, 0.2) is 0 Å². The van der Waals surface area contributed by atoms with Gasteiger partial charge in [-0.3, -0.25) is 9.59 Å². The summed E-state index contributed by atoms with van der Waals surface area (Å²) < 4.78 is 0. The lowest BCUT2D eigenvalue weighted by Crippen LogP contribution is -2.31. The van der Waals surface area contributed by atoms with Crippen molar-refractivity contribution in [2.24, 2.45) is 5.73 Å². The average molecular weight is 420 g/mol. The zero-order valence-corrected chi connectivity index (χ0v) is 18.9. The van der Waals surface area contributed by atoms with Gasteiger partial charge in [0, 0.05) is 12.2 Å². The van der Waals surface area contributed by atoms with Gasteiger partial charge >= 0.3 is 11.9 Å². The van der Waals surface area contributed by atoms with Gasteiger partial charge in [0.2, 0.25) is 0 Å². The summed E-state index contributed by atoms with van der Waals surface area (Å²) in [6.07, 6.45) is 21.7. The molecule has 0 rings (SSSR count). The number of carbonyl (C=O) groups is 2. The van der Waals surface area contributed by atoms with Crippen LogP contribution in [0.2, 0.25) is 0 Å². The molecule has 0 heterocycles. The quantitative estimate of drug-likeness (QED) is 0.151. The molecular weight excluding hydrogens is 374 g/mol. The molecule has 0 radical (unpaired) electrons. The Balaban J connectivity index is 0. The molecule has 0 unspecified atom stereocenters. The van der Waals surface area contributed by atoms with Crippen LogP contribution in [0.3, 0.4) is 0 Å². The molecule has 0 fully saturated rings. The third-order valence-corrected chi connectivity index (χ3v) is 5.15. The van der Waals surface area contributed by atoms with E-state index in [1.807, 2.05) is 0 Å². The minimum atomic E-state index is -1.00. The number of thiol groups is 1. The molecule has 0 amide bonds. The average Bonchev–Trinajstić information content (AvgIpc) is 2.67. The summed E-state index contributed by atoms with van der Waals surface area (Å²) in [6, 6.07) is -0.816. The zero-order valence-electron chi connectivity index (χ0n) is 18.0. The Morgan fingerprint density at radius 2 is 1.04 bits per heavy atom. The fourth-order valence-corrected chi connectivity index (χ4v) is 3.06. The predicted octanol–water partition coefficient (Wildman–Crippen LogP) is 6.05. The van der Waals surface area contributed by atoms with E-state index in [4.69, 9.17) is 15.9 Å². The number of rotatable bonds is 19. The first-order valence-electron chi connectivity index (χ1n) is 11.3. The predicted molar refractivity (Wildman–Crippen MR) is 121 cm³/mol. The highest BCUT2D eigenvalue weighted by Gasteiger charge is 2.06. The van der Waals surface area contributed by atoms with Crippen LogP contribution in [-0.4, -0.2) is 33.9 Å². The summed E-state index contributed by atoms with van der Waals surface area (Å²) in [5.41, 5.74) is 4.94. The summed E-state index contributed by atoms with van der Waals surface area (Å²) in [6.45, 7) is 2.27. The third-order valence-electron chi connectivity index (χ3n) is 4.76. The second kappa shape index (κ2) is 24.3. The van der Waals surface area contributed by atoms with Crippen LogP contribution < -0.4 is 5.73 Å². The SMILES string of the molecule is CCCCCCCCCCCCCCCCCCC(=O)O.N[C@@H](CS)C(=O)O. The van der Waals surface area contributed by atoms with E-state index in [0.29, 0.717) is 6.42 Å². The van der Waals surface area contributed by atoms with E-state index in [0.717, 1.165) is 12.8 Å². The van der Waals surface area contributed by atoms with Crippen LogP contribution in [0.25, 0.3) is 0 Å². The van der Waals surface area contributed by atoms with Gasteiger partial charge < -0.3 is 15.9 Å². The van der Waals surface area contributed by atoms with Gasteiger partial charge in [0.05, 0.1) is 0 Å². The highest BCUT2D eigenvalue weighted by molar-refractivity contribution is 7.80. The first-order valence-corrected chi connectivity index (χ1v) is 11.9. The van der Waals surface area contributed by atoms with Gasteiger partial charge in [0.15, 0.2) is 0 Å². The number of hydrogen-bond acceptors (Lipinski definition) is 4. The number of nitrogens with two attached hydrogens (primary N) is 1. The fourth-order valence-electron chi connectivity index (χ4n) is 2.90. The largest absolute Gasteiger partial charge is 0.481 e. The van der Waals surface area contributed by atoms with Gasteiger partial charge in [-0.15, -0.1) is 0 Å². The van der Waals surface area contributed by atoms with Crippen LogP contribution >= 0.6 is 12.6 Å². The Labute approximate surface area is 178 Å². The number of hydrogen-bond donors (Lipinski definition) is 4. The lowest BCUT2D eigenvalue weighted by atomic mass is 10.0. The Kier molecular flexibility index (Phi) is 25.5. The maximum absolute atomic E-state index is 10.3. The smallest absolute Gasteiger partial charge is 0.321 e. The van der Waals surface area contributed by atoms with Crippen molar-refractivity contribution in [1.29, 1.82) is 0 Å². The van der Waals surface area contributed by atoms with Gasteiger partial charge in [0.1, 0.15) is 6.04 Å². The number of carboxylic acid groups (broad SMARTS) is 2. The fraction of sp³-hybridized carbons (Fsp3) is 0.909. The molecule has 5 nitrogen and oxygen atoms in total. The summed E-state index contributed by atoms with van der Waals surface area (Å²) in [5, 5.41) is 16.5. The summed E-state index contributed by atoms with van der Waals surface area (Å²) in [7, 11) is 0. The van der Waals surface area contributed by atoms with E-state index >= 15 is 0 Å². The molecule has 1 atom stereocenters. The minimum absolute atomic E-state index is 0.190. The van der Waals surface area contributed by atoms with Gasteiger partial charge in [-0.1, -0.05) is 103 Å². The minimum Gasteiger partial charge on any atom is -0.481 e. The number of carboxylic acids is 2. The van der Waals surface area contributed by atoms with Crippen molar-refractivity contribution in [2.45, 2.75) is 122 Å². The molecule has 0 aromatic heterocycles. The molecule has 0 aliphatic carbocycles. The Hall–Kier alpha value is -0.750. The van der Waals surface area contributed by atoms with Gasteiger partial charge in [-0.2, -0.15) is 12.6 Å². The van der Waals surface area contributed by atoms with Crippen molar-refractivity contribution < 1.29 is 19.8 Å². The van der Waals surface area contributed by atoms with Crippen molar-refractivity contribution in [3.63, 3.8) is 0 Å². The van der Waals surface area contributed by atoms with Crippen LogP contribution in [0, 0.1) is 0 Å². The molecule has 0 saturated carbocycles. The van der Waals surface area contributed by atoms with E-state index in [-0.39, 0.29) is 5.75 Å². The zero-order chi connectivity index (χ0) is 21.5. The molecule has 4 N–H and O–H groups in total. The lowest BCUT2D eigenvalue weighted by molar-refractivity contribution is -0.138. The maximum Gasteiger partial charge on any atom is 0.321 e. The summed E-state index contributed by atoms with van der Waals surface area (Å²) in [5.74, 6) is -1.47. The summed E-state index contributed by atoms with van der Waals surface area (Å²) in [4.78, 5) is 20.1. The Morgan fingerprint density at radius 3 is 1.25 bits per heavy atom. The van der Waals surface area contributed by atoms with E-state index in [1.165, 1.54) is 89.9 Å².